The van der Waals surface area contributed by atoms with Crippen LogP contribution in [0.3, 0.4) is 0 Å². The SMILES string of the molecule is CCCC1CCC(C(=O)O)C(c2cccc(Cl)c2Cl)C1. The smallest absolute Gasteiger partial charge is 0.307 e. The summed E-state index contributed by atoms with van der Waals surface area (Å²) in [6.45, 7) is 2.17. The molecule has 2 nitrogen and oxygen atoms in total. The molecule has 4 heteroatoms. The van der Waals surface area contributed by atoms with Crippen molar-refractivity contribution in [3.63, 3.8) is 0 Å². The molecular weight excluding hydrogens is 295 g/mol. The minimum absolute atomic E-state index is 0.0241. The van der Waals surface area contributed by atoms with E-state index in [0.717, 1.165) is 37.7 Å². The first kappa shape index (κ1) is 15.7. The Bertz CT molecular complexity index is 487. The van der Waals surface area contributed by atoms with Crippen LogP contribution in [0.5, 0.6) is 0 Å². The third kappa shape index (κ3) is 3.29. The van der Waals surface area contributed by atoms with Crippen molar-refractivity contribution < 1.29 is 9.90 Å². The van der Waals surface area contributed by atoms with Crippen LogP contribution in [0, 0.1) is 11.8 Å². The lowest BCUT2D eigenvalue weighted by molar-refractivity contribution is -0.143. The van der Waals surface area contributed by atoms with Crippen molar-refractivity contribution in [3.05, 3.63) is 33.8 Å². The van der Waals surface area contributed by atoms with Gasteiger partial charge in [0.25, 0.3) is 0 Å². The van der Waals surface area contributed by atoms with Gasteiger partial charge in [-0.1, -0.05) is 55.1 Å². The highest BCUT2D eigenvalue weighted by molar-refractivity contribution is 6.42. The molecule has 1 aromatic rings. The second kappa shape index (κ2) is 6.82. The molecule has 0 radical (unpaired) electrons. The van der Waals surface area contributed by atoms with Crippen molar-refractivity contribution in [2.45, 2.75) is 44.9 Å². The van der Waals surface area contributed by atoms with Gasteiger partial charge < -0.3 is 5.11 Å². The van der Waals surface area contributed by atoms with Crippen LogP contribution in [0.1, 0.15) is 50.5 Å². The number of carboxylic acids is 1. The number of halogens is 2. The molecule has 0 bridgehead atoms. The topological polar surface area (TPSA) is 37.3 Å². The molecule has 0 heterocycles. The Hall–Kier alpha value is -0.730. The van der Waals surface area contributed by atoms with Gasteiger partial charge >= 0.3 is 5.97 Å². The van der Waals surface area contributed by atoms with Gasteiger partial charge in [0.15, 0.2) is 0 Å². The van der Waals surface area contributed by atoms with E-state index in [0.29, 0.717) is 16.0 Å². The predicted molar refractivity (Wildman–Crippen MR) is 82.6 cm³/mol. The summed E-state index contributed by atoms with van der Waals surface area (Å²) in [6.07, 6.45) is 4.91. The molecular formula is C16H20Cl2O2. The normalized spacial score (nSPS) is 26.4. The third-order valence-electron chi connectivity index (χ3n) is 4.35. The zero-order valence-corrected chi connectivity index (χ0v) is 13.1. The first-order chi connectivity index (χ1) is 9.54. The standard InChI is InChI=1S/C16H20Cl2O2/c1-2-4-10-7-8-12(16(19)20)13(9-10)11-5-3-6-14(17)15(11)18/h3,5-6,10,12-13H,2,4,7-9H2,1H3,(H,19,20). The minimum atomic E-state index is -0.721. The Morgan fingerprint density at radius 2 is 2.10 bits per heavy atom. The lowest BCUT2D eigenvalue weighted by Gasteiger charge is -2.34. The fourth-order valence-electron chi connectivity index (χ4n) is 3.37. The van der Waals surface area contributed by atoms with Gasteiger partial charge in [-0.05, 0) is 42.7 Å². The van der Waals surface area contributed by atoms with Gasteiger partial charge in [0.2, 0.25) is 0 Å². The molecule has 20 heavy (non-hydrogen) atoms. The molecule has 0 aliphatic heterocycles. The van der Waals surface area contributed by atoms with Crippen LogP contribution in [-0.2, 0) is 4.79 Å². The number of hydrogen-bond donors (Lipinski definition) is 1. The number of carbonyl (C=O) groups is 1. The second-order valence-electron chi connectivity index (χ2n) is 5.66. The first-order valence-corrected chi connectivity index (χ1v) is 7.96. The van der Waals surface area contributed by atoms with E-state index in [1.54, 1.807) is 6.07 Å². The maximum atomic E-state index is 11.5. The van der Waals surface area contributed by atoms with Gasteiger partial charge in [0.05, 0.1) is 16.0 Å². The van der Waals surface area contributed by atoms with Crippen molar-refractivity contribution in [2.24, 2.45) is 11.8 Å². The van der Waals surface area contributed by atoms with Crippen LogP contribution in [0.2, 0.25) is 10.0 Å². The van der Waals surface area contributed by atoms with Gasteiger partial charge in [0, 0.05) is 0 Å². The van der Waals surface area contributed by atoms with E-state index in [4.69, 9.17) is 23.2 Å². The lowest BCUT2D eigenvalue weighted by Crippen LogP contribution is -2.29. The Morgan fingerprint density at radius 3 is 2.75 bits per heavy atom. The number of benzene rings is 1. The van der Waals surface area contributed by atoms with Gasteiger partial charge in [0.1, 0.15) is 0 Å². The Kier molecular flexibility index (Phi) is 5.34. The number of hydrogen-bond acceptors (Lipinski definition) is 1. The highest BCUT2D eigenvalue weighted by Gasteiger charge is 2.36. The molecule has 1 aliphatic rings. The number of rotatable bonds is 4. The molecule has 1 fully saturated rings. The maximum Gasteiger partial charge on any atom is 0.307 e. The Labute approximate surface area is 130 Å². The monoisotopic (exact) mass is 314 g/mol. The molecule has 2 rings (SSSR count). The largest absolute Gasteiger partial charge is 0.481 e. The molecule has 1 aliphatic carbocycles. The van der Waals surface area contributed by atoms with Gasteiger partial charge in [-0.2, -0.15) is 0 Å². The molecule has 0 saturated heterocycles. The van der Waals surface area contributed by atoms with Crippen LogP contribution in [0.4, 0.5) is 0 Å². The Balaban J connectivity index is 2.31. The summed E-state index contributed by atoms with van der Waals surface area (Å²) >= 11 is 12.4. The van der Waals surface area contributed by atoms with Crippen LogP contribution in [-0.4, -0.2) is 11.1 Å². The molecule has 1 aromatic carbocycles. The average molecular weight is 315 g/mol. The number of carboxylic acid groups (broad SMARTS) is 1. The third-order valence-corrected chi connectivity index (χ3v) is 5.19. The highest BCUT2D eigenvalue weighted by atomic mass is 35.5. The summed E-state index contributed by atoms with van der Waals surface area (Å²) in [5.74, 6) is -0.500. The molecule has 110 valence electrons. The van der Waals surface area contributed by atoms with Crippen molar-refractivity contribution in [1.29, 1.82) is 0 Å². The molecule has 0 aromatic heterocycles. The quantitative estimate of drug-likeness (QED) is 0.810. The summed E-state index contributed by atoms with van der Waals surface area (Å²) < 4.78 is 0. The van der Waals surface area contributed by atoms with Crippen molar-refractivity contribution >= 4 is 29.2 Å². The summed E-state index contributed by atoms with van der Waals surface area (Å²) in [6, 6.07) is 5.52. The van der Waals surface area contributed by atoms with E-state index < -0.39 is 5.97 Å². The molecule has 3 unspecified atom stereocenters. The van der Waals surface area contributed by atoms with Crippen molar-refractivity contribution in [3.8, 4) is 0 Å². The van der Waals surface area contributed by atoms with Gasteiger partial charge in [-0.3, -0.25) is 4.79 Å². The average Bonchev–Trinajstić information content (AvgIpc) is 2.42. The van der Waals surface area contributed by atoms with E-state index in [9.17, 15) is 9.90 Å². The summed E-state index contributed by atoms with van der Waals surface area (Å²) in [4.78, 5) is 11.5. The van der Waals surface area contributed by atoms with Crippen LogP contribution in [0.25, 0.3) is 0 Å². The second-order valence-corrected chi connectivity index (χ2v) is 6.45. The first-order valence-electron chi connectivity index (χ1n) is 7.21. The zero-order valence-electron chi connectivity index (χ0n) is 11.6. The molecule has 3 atom stereocenters. The summed E-state index contributed by atoms with van der Waals surface area (Å²) in [5.41, 5.74) is 0.896. The van der Waals surface area contributed by atoms with Gasteiger partial charge in [-0.15, -0.1) is 0 Å². The molecule has 0 amide bonds. The van der Waals surface area contributed by atoms with E-state index >= 15 is 0 Å². The van der Waals surface area contributed by atoms with Crippen molar-refractivity contribution in [1.82, 2.24) is 0 Å². The number of aliphatic carboxylic acids is 1. The van der Waals surface area contributed by atoms with Crippen LogP contribution < -0.4 is 0 Å². The van der Waals surface area contributed by atoms with Crippen LogP contribution >= 0.6 is 23.2 Å². The maximum absolute atomic E-state index is 11.5. The molecule has 1 N–H and O–H groups in total. The summed E-state index contributed by atoms with van der Waals surface area (Å²) in [7, 11) is 0. The fraction of sp³-hybridized carbons (Fsp3) is 0.562. The van der Waals surface area contributed by atoms with Crippen molar-refractivity contribution in [2.75, 3.05) is 0 Å². The van der Waals surface area contributed by atoms with E-state index in [-0.39, 0.29) is 11.8 Å². The highest BCUT2D eigenvalue weighted by Crippen LogP contribution is 2.45. The van der Waals surface area contributed by atoms with E-state index in [1.807, 2.05) is 12.1 Å². The molecule has 0 spiro atoms. The van der Waals surface area contributed by atoms with E-state index in [2.05, 4.69) is 6.92 Å². The summed E-state index contributed by atoms with van der Waals surface area (Å²) in [5, 5.41) is 10.5. The predicted octanol–water partition coefficient (Wildman–Crippen LogP) is 5.38. The molecule has 1 saturated carbocycles. The fourth-order valence-corrected chi connectivity index (χ4v) is 3.82. The van der Waals surface area contributed by atoms with Crippen LogP contribution in [0.15, 0.2) is 18.2 Å². The zero-order chi connectivity index (χ0) is 14.7. The van der Waals surface area contributed by atoms with E-state index in [1.165, 1.54) is 0 Å². The lowest BCUT2D eigenvalue weighted by atomic mass is 9.70. The van der Waals surface area contributed by atoms with Gasteiger partial charge in [-0.25, -0.2) is 0 Å². The minimum Gasteiger partial charge on any atom is -0.481 e. The Morgan fingerprint density at radius 1 is 1.35 bits per heavy atom.